The van der Waals surface area contributed by atoms with Gasteiger partial charge in [0.15, 0.2) is 0 Å². The second-order valence-electron chi connectivity index (χ2n) is 3.59. The maximum absolute atomic E-state index is 5.85. The molecule has 0 aliphatic carbocycles. The van der Waals surface area contributed by atoms with Crippen LogP contribution in [0.3, 0.4) is 0 Å². The molecule has 0 aliphatic rings. The van der Waals surface area contributed by atoms with E-state index in [9.17, 15) is 0 Å². The predicted octanol–water partition coefficient (Wildman–Crippen LogP) is 4.69. The summed E-state index contributed by atoms with van der Waals surface area (Å²) in [4.78, 5) is 4.92. The number of methoxy groups -OCH3 is 1. The topological polar surface area (TPSA) is 22.1 Å². The quantitative estimate of drug-likeness (QED) is 0.604. The second-order valence-corrected chi connectivity index (χ2v) is 5.41. The summed E-state index contributed by atoms with van der Waals surface area (Å²) >= 11 is 13.4. The minimum atomic E-state index is 0.416. The molecule has 0 radical (unpaired) electrons. The van der Waals surface area contributed by atoms with Gasteiger partial charge in [0, 0.05) is 10.6 Å². The highest BCUT2D eigenvalue weighted by Crippen LogP contribution is 2.27. The van der Waals surface area contributed by atoms with Crippen molar-refractivity contribution in [3.8, 4) is 5.75 Å². The summed E-state index contributed by atoms with van der Waals surface area (Å²) in [5.41, 5.74) is 1.21. The summed E-state index contributed by atoms with van der Waals surface area (Å²) in [5, 5.41) is 0.833. The number of hydrogen-bond acceptors (Lipinski definition) is 3. The molecule has 18 heavy (non-hydrogen) atoms. The average molecular weight is 300 g/mol. The van der Waals surface area contributed by atoms with Crippen molar-refractivity contribution in [2.75, 3.05) is 7.11 Å². The molecule has 0 fully saturated rings. The van der Waals surface area contributed by atoms with E-state index in [1.54, 1.807) is 18.9 Å². The van der Waals surface area contributed by atoms with Crippen LogP contribution in [0.1, 0.15) is 5.56 Å². The molecule has 0 saturated carbocycles. The fraction of sp³-hybridized carbons (Fsp3) is 0.154. The van der Waals surface area contributed by atoms with Crippen molar-refractivity contribution in [1.82, 2.24) is 4.98 Å². The standard InChI is InChI=1S/C13H11Cl2NOS/c1-17-10-4-2-9(3-5-10)8-18-11-6-12(14)16-13(15)7-11/h2-7H,8H2,1H3. The minimum Gasteiger partial charge on any atom is -0.497 e. The van der Waals surface area contributed by atoms with Crippen LogP contribution >= 0.6 is 35.0 Å². The number of benzene rings is 1. The number of rotatable bonds is 4. The molecule has 0 spiro atoms. The minimum absolute atomic E-state index is 0.416. The fourth-order valence-corrected chi connectivity index (χ4v) is 2.92. The SMILES string of the molecule is COc1ccc(CSc2cc(Cl)nc(Cl)c2)cc1. The van der Waals surface area contributed by atoms with Crippen molar-refractivity contribution in [3.05, 3.63) is 52.3 Å². The summed E-state index contributed by atoms with van der Waals surface area (Å²) < 4.78 is 5.11. The van der Waals surface area contributed by atoms with E-state index in [4.69, 9.17) is 27.9 Å². The molecule has 0 saturated heterocycles. The van der Waals surface area contributed by atoms with Crippen LogP contribution in [0.2, 0.25) is 10.3 Å². The molecule has 2 nitrogen and oxygen atoms in total. The van der Waals surface area contributed by atoms with Crippen molar-refractivity contribution in [3.63, 3.8) is 0 Å². The molecule has 0 bridgehead atoms. The summed E-state index contributed by atoms with van der Waals surface area (Å²) in [5.74, 6) is 1.71. The first kappa shape index (κ1) is 13.5. The Bertz CT molecular complexity index is 511. The molecule has 0 amide bonds. The van der Waals surface area contributed by atoms with Crippen LogP contribution < -0.4 is 4.74 Å². The van der Waals surface area contributed by atoms with Crippen LogP contribution in [0.5, 0.6) is 5.75 Å². The lowest BCUT2D eigenvalue weighted by molar-refractivity contribution is 0.414. The molecule has 1 aromatic heterocycles. The monoisotopic (exact) mass is 299 g/mol. The number of nitrogens with zero attached hydrogens (tertiary/aromatic N) is 1. The van der Waals surface area contributed by atoms with Gasteiger partial charge in [-0.15, -0.1) is 11.8 Å². The van der Waals surface area contributed by atoms with Crippen LogP contribution in [-0.4, -0.2) is 12.1 Å². The summed E-state index contributed by atoms with van der Waals surface area (Å²) in [6.45, 7) is 0. The Morgan fingerprint density at radius 3 is 2.28 bits per heavy atom. The van der Waals surface area contributed by atoms with Gasteiger partial charge in [0.1, 0.15) is 16.1 Å². The third kappa shape index (κ3) is 3.80. The third-order valence-corrected chi connectivity index (χ3v) is 3.73. The average Bonchev–Trinajstić information content (AvgIpc) is 2.36. The molecule has 5 heteroatoms. The molecule has 1 heterocycles. The van der Waals surface area contributed by atoms with Crippen LogP contribution in [0.15, 0.2) is 41.3 Å². The molecule has 0 atom stereocenters. The van der Waals surface area contributed by atoms with Crippen LogP contribution in [0, 0.1) is 0 Å². The van der Waals surface area contributed by atoms with E-state index in [1.807, 2.05) is 36.4 Å². The Morgan fingerprint density at radius 1 is 1.11 bits per heavy atom. The lowest BCUT2D eigenvalue weighted by Gasteiger charge is -2.04. The van der Waals surface area contributed by atoms with E-state index >= 15 is 0 Å². The highest BCUT2D eigenvalue weighted by molar-refractivity contribution is 7.98. The van der Waals surface area contributed by atoms with E-state index in [1.165, 1.54) is 5.56 Å². The van der Waals surface area contributed by atoms with Gasteiger partial charge in [0.05, 0.1) is 7.11 Å². The summed E-state index contributed by atoms with van der Waals surface area (Å²) in [6, 6.07) is 11.6. The highest BCUT2D eigenvalue weighted by Gasteiger charge is 2.01. The normalized spacial score (nSPS) is 10.4. The van der Waals surface area contributed by atoms with Gasteiger partial charge >= 0.3 is 0 Å². The van der Waals surface area contributed by atoms with E-state index < -0.39 is 0 Å². The maximum atomic E-state index is 5.85. The molecule has 2 aromatic rings. The molecule has 94 valence electrons. The van der Waals surface area contributed by atoms with Gasteiger partial charge in [0.25, 0.3) is 0 Å². The van der Waals surface area contributed by atoms with Gasteiger partial charge in [-0.2, -0.15) is 0 Å². The highest BCUT2D eigenvalue weighted by atomic mass is 35.5. The van der Waals surface area contributed by atoms with E-state index in [0.29, 0.717) is 10.3 Å². The summed E-state index contributed by atoms with van der Waals surface area (Å²) in [7, 11) is 1.66. The lowest BCUT2D eigenvalue weighted by Crippen LogP contribution is -1.85. The number of ether oxygens (including phenoxy) is 1. The molecule has 0 unspecified atom stereocenters. The van der Waals surface area contributed by atoms with Gasteiger partial charge in [-0.1, -0.05) is 35.3 Å². The van der Waals surface area contributed by atoms with Crippen LogP contribution in [0.25, 0.3) is 0 Å². The molecular formula is C13H11Cl2NOS. The second kappa shape index (κ2) is 6.32. The van der Waals surface area contributed by atoms with Crippen molar-refractivity contribution in [2.45, 2.75) is 10.6 Å². The zero-order valence-corrected chi connectivity index (χ0v) is 12.0. The van der Waals surface area contributed by atoms with Gasteiger partial charge < -0.3 is 4.74 Å². The molecule has 0 N–H and O–H groups in total. The maximum Gasteiger partial charge on any atom is 0.131 e. The van der Waals surface area contributed by atoms with Crippen molar-refractivity contribution in [1.29, 1.82) is 0 Å². The number of aromatic nitrogens is 1. The first-order valence-corrected chi connectivity index (χ1v) is 7.00. The van der Waals surface area contributed by atoms with Gasteiger partial charge in [-0.25, -0.2) is 4.98 Å². The van der Waals surface area contributed by atoms with Gasteiger partial charge in [-0.05, 0) is 29.8 Å². The Morgan fingerprint density at radius 2 is 1.72 bits per heavy atom. The predicted molar refractivity (Wildman–Crippen MR) is 76.8 cm³/mol. The lowest BCUT2D eigenvalue weighted by atomic mass is 10.2. The van der Waals surface area contributed by atoms with Gasteiger partial charge in [0.2, 0.25) is 0 Å². The largest absolute Gasteiger partial charge is 0.497 e. The molecular weight excluding hydrogens is 289 g/mol. The van der Waals surface area contributed by atoms with E-state index in [0.717, 1.165) is 16.4 Å². The summed E-state index contributed by atoms with van der Waals surface area (Å²) in [6.07, 6.45) is 0. The van der Waals surface area contributed by atoms with E-state index in [2.05, 4.69) is 4.98 Å². The van der Waals surface area contributed by atoms with Crippen molar-refractivity contribution >= 4 is 35.0 Å². The fourth-order valence-electron chi connectivity index (χ4n) is 1.41. The van der Waals surface area contributed by atoms with Crippen molar-refractivity contribution in [2.24, 2.45) is 0 Å². The van der Waals surface area contributed by atoms with Crippen molar-refractivity contribution < 1.29 is 4.74 Å². The number of thioether (sulfide) groups is 1. The first-order chi connectivity index (χ1) is 8.67. The molecule has 0 aliphatic heterocycles. The number of pyridine rings is 1. The Balaban J connectivity index is 2.01. The zero-order valence-electron chi connectivity index (χ0n) is 9.69. The third-order valence-electron chi connectivity index (χ3n) is 2.30. The number of hydrogen-bond donors (Lipinski definition) is 0. The number of halogens is 2. The zero-order chi connectivity index (χ0) is 13.0. The first-order valence-electron chi connectivity index (χ1n) is 5.26. The smallest absolute Gasteiger partial charge is 0.131 e. The Kier molecular flexibility index (Phi) is 4.75. The van der Waals surface area contributed by atoms with Gasteiger partial charge in [-0.3, -0.25) is 0 Å². The van der Waals surface area contributed by atoms with Crippen LogP contribution in [0.4, 0.5) is 0 Å². The Hall–Kier alpha value is -0.900. The van der Waals surface area contributed by atoms with E-state index in [-0.39, 0.29) is 0 Å². The van der Waals surface area contributed by atoms with Crippen LogP contribution in [-0.2, 0) is 5.75 Å². The molecule has 1 aromatic carbocycles. The molecule has 2 rings (SSSR count). The Labute approximate surface area is 120 Å².